The highest BCUT2D eigenvalue weighted by Gasteiger charge is 2.12. The summed E-state index contributed by atoms with van der Waals surface area (Å²) in [6.07, 6.45) is 2.96. The van der Waals surface area contributed by atoms with E-state index in [9.17, 15) is 4.79 Å². The van der Waals surface area contributed by atoms with Gasteiger partial charge in [0.1, 0.15) is 11.2 Å². The molecule has 0 aliphatic rings. The Morgan fingerprint density at radius 2 is 2.20 bits per heavy atom. The fraction of sp³-hybridized carbons (Fsp3) is 0.278. The zero-order valence-corrected chi connectivity index (χ0v) is 13.9. The first-order valence-corrected chi connectivity index (χ1v) is 8.20. The van der Waals surface area contributed by atoms with Crippen molar-refractivity contribution in [1.82, 2.24) is 15.3 Å². The van der Waals surface area contributed by atoms with Crippen molar-refractivity contribution in [3.63, 3.8) is 0 Å². The fourth-order valence-electron chi connectivity index (χ4n) is 2.49. The molecule has 3 aromatic rings. The lowest BCUT2D eigenvalue weighted by atomic mass is 10.2. The van der Waals surface area contributed by atoms with Gasteiger partial charge in [-0.3, -0.25) is 4.98 Å². The average molecular weight is 340 g/mol. The number of benzene rings is 1. The van der Waals surface area contributed by atoms with Gasteiger partial charge in [-0.2, -0.15) is 0 Å². The molecule has 3 rings (SSSR count). The molecule has 0 bridgehead atoms. The largest absolute Gasteiger partial charge is 0.435 e. The Bertz CT molecular complexity index is 848. The molecule has 0 saturated heterocycles. The monoisotopic (exact) mass is 340 g/mol. The number of fused-ring (bicyclic) bond motifs is 1. The molecule has 1 aromatic carbocycles. The lowest BCUT2D eigenvalue weighted by Gasteiger charge is -2.16. The second-order valence-corrected chi connectivity index (χ2v) is 5.63. The van der Waals surface area contributed by atoms with Crippen molar-refractivity contribution >= 4 is 22.8 Å². The number of nitrogens with zero attached hydrogens (tertiary/aromatic N) is 2. The number of aromatic nitrogens is 2. The average Bonchev–Trinajstić information content (AvgIpc) is 3.05. The molecule has 0 unspecified atom stereocenters. The quantitative estimate of drug-likeness (QED) is 0.640. The molecule has 0 aliphatic carbocycles. The van der Waals surface area contributed by atoms with Crippen molar-refractivity contribution < 1.29 is 14.3 Å². The van der Waals surface area contributed by atoms with Gasteiger partial charge in [0.25, 0.3) is 0 Å². The Morgan fingerprint density at radius 3 is 2.92 bits per heavy atom. The van der Waals surface area contributed by atoms with Crippen LogP contribution < -0.4 is 10.6 Å². The van der Waals surface area contributed by atoms with E-state index in [1.165, 1.54) is 0 Å². The van der Waals surface area contributed by atoms with E-state index in [2.05, 4.69) is 20.6 Å². The summed E-state index contributed by atoms with van der Waals surface area (Å²) in [6.45, 7) is 2.00. The van der Waals surface area contributed by atoms with Crippen molar-refractivity contribution in [2.24, 2.45) is 0 Å². The van der Waals surface area contributed by atoms with Gasteiger partial charge in [0.05, 0.1) is 0 Å². The number of urea groups is 1. The molecular weight excluding hydrogens is 320 g/mol. The number of hydrogen-bond acceptors (Lipinski definition) is 5. The molecule has 0 radical (unpaired) electrons. The van der Waals surface area contributed by atoms with Crippen molar-refractivity contribution in [3.8, 4) is 11.6 Å². The van der Waals surface area contributed by atoms with Crippen LogP contribution in [-0.4, -0.2) is 33.8 Å². The molecule has 2 heterocycles. The topological polar surface area (TPSA) is 100 Å². The van der Waals surface area contributed by atoms with Gasteiger partial charge in [-0.05, 0) is 37.1 Å². The molecule has 0 fully saturated rings. The smallest absolute Gasteiger partial charge is 0.319 e. The van der Waals surface area contributed by atoms with Crippen LogP contribution in [-0.2, 0) is 0 Å². The lowest BCUT2D eigenvalue weighted by molar-refractivity contribution is 0.237. The van der Waals surface area contributed by atoms with E-state index >= 15 is 0 Å². The summed E-state index contributed by atoms with van der Waals surface area (Å²) in [5.74, 6) is 0.436. The summed E-state index contributed by atoms with van der Waals surface area (Å²) in [5.41, 5.74) is 2.52. The number of hydrogen-bond donors (Lipinski definition) is 3. The third-order valence-corrected chi connectivity index (χ3v) is 3.84. The van der Waals surface area contributed by atoms with Gasteiger partial charge >= 0.3 is 6.03 Å². The number of rotatable bonds is 6. The molecule has 25 heavy (non-hydrogen) atoms. The minimum Gasteiger partial charge on any atom is -0.435 e. The van der Waals surface area contributed by atoms with Crippen molar-refractivity contribution in [3.05, 3.63) is 42.6 Å². The Morgan fingerprint density at radius 1 is 1.32 bits per heavy atom. The summed E-state index contributed by atoms with van der Waals surface area (Å²) in [7, 11) is 0. The number of aliphatic hydroxyl groups excluding tert-OH is 1. The molecule has 7 nitrogen and oxygen atoms in total. The first kappa shape index (κ1) is 16.9. The van der Waals surface area contributed by atoms with E-state index in [1.54, 1.807) is 24.4 Å². The third-order valence-electron chi connectivity index (χ3n) is 3.84. The van der Waals surface area contributed by atoms with Crippen molar-refractivity contribution in [2.45, 2.75) is 25.8 Å². The van der Waals surface area contributed by atoms with Gasteiger partial charge in [-0.15, -0.1) is 0 Å². The van der Waals surface area contributed by atoms with E-state index in [4.69, 9.17) is 9.52 Å². The first-order valence-electron chi connectivity index (χ1n) is 8.20. The maximum absolute atomic E-state index is 12.1. The molecular formula is C18H20N4O3. The molecule has 0 aliphatic heterocycles. The molecule has 0 spiro atoms. The number of pyridine rings is 1. The number of anilines is 1. The SMILES string of the molecule is CC[C@H](CCO)NC(=O)Nc1ccc2nc(-c3ccccn3)oc2c1. The Balaban J connectivity index is 1.74. The van der Waals surface area contributed by atoms with Crippen molar-refractivity contribution in [2.75, 3.05) is 11.9 Å². The summed E-state index contributed by atoms with van der Waals surface area (Å²) < 4.78 is 5.74. The van der Waals surface area contributed by atoms with Crippen molar-refractivity contribution in [1.29, 1.82) is 0 Å². The zero-order chi connectivity index (χ0) is 17.6. The minimum absolute atomic E-state index is 0.0408. The maximum atomic E-state index is 12.1. The van der Waals surface area contributed by atoms with Gasteiger partial charge in [0.15, 0.2) is 5.58 Å². The van der Waals surface area contributed by atoms with E-state index in [-0.39, 0.29) is 18.7 Å². The second kappa shape index (κ2) is 7.76. The number of oxazole rings is 1. The minimum atomic E-state index is -0.316. The van der Waals surface area contributed by atoms with Gasteiger partial charge in [-0.1, -0.05) is 13.0 Å². The summed E-state index contributed by atoms with van der Waals surface area (Å²) in [6, 6.07) is 10.4. The molecule has 2 amide bonds. The zero-order valence-electron chi connectivity index (χ0n) is 13.9. The standard InChI is InChI=1S/C18H20N4O3/c1-2-12(8-10-23)20-18(24)21-13-6-7-14-16(11-13)25-17(22-14)15-5-3-4-9-19-15/h3-7,9,11-12,23H,2,8,10H2,1H3,(H2,20,21,24)/t12-/m1/s1. The maximum Gasteiger partial charge on any atom is 0.319 e. The van der Waals surface area contributed by atoms with Gasteiger partial charge in [0.2, 0.25) is 5.89 Å². The van der Waals surface area contributed by atoms with Crippen LogP contribution in [0.15, 0.2) is 47.0 Å². The Labute approximate surface area is 145 Å². The number of amides is 2. The third kappa shape index (κ3) is 4.13. The lowest BCUT2D eigenvalue weighted by Crippen LogP contribution is -2.38. The van der Waals surface area contributed by atoms with Crippen LogP contribution >= 0.6 is 0 Å². The number of nitrogens with one attached hydrogen (secondary N) is 2. The molecule has 1 atom stereocenters. The fourth-order valence-corrected chi connectivity index (χ4v) is 2.49. The summed E-state index contributed by atoms with van der Waals surface area (Å²) >= 11 is 0. The van der Waals surface area contributed by atoms with Crippen LogP contribution in [0, 0.1) is 0 Å². The van der Waals surface area contributed by atoms with E-state index in [1.807, 2.05) is 25.1 Å². The predicted octanol–water partition coefficient (Wildman–Crippen LogP) is 3.17. The van der Waals surface area contributed by atoms with Crippen LogP contribution in [0.25, 0.3) is 22.7 Å². The highest BCUT2D eigenvalue weighted by Crippen LogP contribution is 2.25. The molecule has 7 heteroatoms. The highest BCUT2D eigenvalue weighted by molar-refractivity contribution is 5.92. The molecule has 130 valence electrons. The number of carbonyl (C=O) groups excluding carboxylic acids is 1. The van der Waals surface area contributed by atoms with Gasteiger partial charge in [0, 0.05) is 30.6 Å². The van der Waals surface area contributed by atoms with Crippen LogP contribution in [0.3, 0.4) is 0 Å². The van der Waals surface area contributed by atoms with Crippen LogP contribution in [0.1, 0.15) is 19.8 Å². The van der Waals surface area contributed by atoms with Crippen LogP contribution in [0.5, 0.6) is 0 Å². The number of carbonyl (C=O) groups is 1. The predicted molar refractivity (Wildman–Crippen MR) is 95.2 cm³/mol. The summed E-state index contributed by atoms with van der Waals surface area (Å²) in [4.78, 5) is 20.7. The Hall–Kier alpha value is -2.93. The van der Waals surface area contributed by atoms with E-state index in [0.717, 1.165) is 6.42 Å². The van der Waals surface area contributed by atoms with Gasteiger partial charge < -0.3 is 20.2 Å². The molecule has 0 saturated carbocycles. The Kier molecular flexibility index (Phi) is 5.25. The van der Waals surface area contributed by atoms with Crippen LogP contribution in [0.4, 0.5) is 10.5 Å². The molecule has 3 N–H and O–H groups in total. The molecule has 2 aromatic heterocycles. The van der Waals surface area contributed by atoms with E-state index in [0.29, 0.717) is 34.8 Å². The van der Waals surface area contributed by atoms with E-state index < -0.39 is 0 Å². The van der Waals surface area contributed by atoms with Crippen LogP contribution in [0.2, 0.25) is 0 Å². The number of aliphatic hydroxyl groups is 1. The van der Waals surface area contributed by atoms with Gasteiger partial charge in [-0.25, -0.2) is 9.78 Å². The summed E-state index contributed by atoms with van der Waals surface area (Å²) in [5, 5.41) is 14.6. The normalized spacial score (nSPS) is 12.1. The second-order valence-electron chi connectivity index (χ2n) is 5.63. The first-order chi connectivity index (χ1) is 12.2. The highest BCUT2D eigenvalue weighted by atomic mass is 16.3.